The summed E-state index contributed by atoms with van der Waals surface area (Å²) in [5.41, 5.74) is 2.20. The van der Waals surface area contributed by atoms with Gasteiger partial charge in [0.2, 0.25) is 0 Å². The number of aromatic nitrogens is 2. The SMILES string of the molecule is Cc1[nH]nc2c3ccccc3c3ccccc3c12. The molecular formula is C16H12N2. The van der Waals surface area contributed by atoms with Gasteiger partial charge in [0.15, 0.2) is 0 Å². The molecule has 0 unspecified atom stereocenters. The summed E-state index contributed by atoms with van der Waals surface area (Å²) in [5.74, 6) is 0. The molecule has 86 valence electrons. The largest absolute Gasteiger partial charge is 0.282 e. The smallest absolute Gasteiger partial charge is 0.101 e. The second kappa shape index (κ2) is 3.33. The standard InChI is InChI=1S/C16H12N2/c1-10-15-13-8-4-2-6-11(13)12-7-3-5-9-14(12)16(15)18-17-10/h2-9H,1H3,(H,17,18). The summed E-state index contributed by atoms with van der Waals surface area (Å²) in [6, 6.07) is 17.0. The van der Waals surface area contributed by atoms with E-state index in [-0.39, 0.29) is 0 Å². The Morgan fingerprint density at radius 3 is 2.06 bits per heavy atom. The number of hydrogen-bond acceptors (Lipinski definition) is 1. The summed E-state index contributed by atoms with van der Waals surface area (Å²) in [6.07, 6.45) is 0. The first-order valence-electron chi connectivity index (χ1n) is 6.10. The van der Waals surface area contributed by atoms with Crippen LogP contribution in [0.25, 0.3) is 32.4 Å². The minimum atomic E-state index is 1.07. The van der Waals surface area contributed by atoms with E-state index in [0.29, 0.717) is 0 Å². The average Bonchev–Trinajstić information content (AvgIpc) is 2.82. The van der Waals surface area contributed by atoms with Crippen LogP contribution >= 0.6 is 0 Å². The van der Waals surface area contributed by atoms with Crippen LogP contribution in [0.2, 0.25) is 0 Å². The van der Waals surface area contributed by atoms with E-state index in [4.69, 9.17) is 0 Å². The van der Waals surface area contributed by atoms with Crippen LogP contribution in [0.1, 0.15) is 5.69 Å². The zero-order valence-electron chi connectivity index (χ0n) is 10.1. The minimum absolute atomic E-state index is 1.07. The number of H-pyrrole nitrogens is 1. The molecule has 0 saturated carbocycles. The van der Waals surface area contributed by atoms with Crippen molar-refractivity contribution in [3.63, 3.8) is 0 Å². The highest BCUT2D eigenvalue weighted by Crippen LogP contribution is 2.34. The lowest BCUT2D eigenvalue weighted by molar-refractivity contribution is 1.07. The summed E-state index contributed by atoms with van der Waals surface area (Å²) in [4.78, 5) is 0. The van der Waals surface area contributed by atoms with Crippen molar-refractivity contribution in [1.82, 2.24) is 10.2 Å². The minimum Gasteiger partial charge on any atom is -0.282 e. The Labute approximate surface area is 104 Å². The van der Waals surface area contributed by atoms with E-state index in [1.54, 1.807) is 0 Å². The van der Waals surface area contributed by atoms with Gasteiger partial charge in [-0.15, -0.1) is 0 Å². The summed E-state index contributed by atoms with van der Waals surface area (Å²) in [6.45, 7) is 2.08. The molecule has 3 aromatic carbocycles. The second-order valence-corrected chi connectivity index (χ2v) is 4.66. The van der Waals surface area contributed by atoms with Gasteiger partial charge >= 0.3 is 0 Å². The second-order valence-electron chi connectivity index (χ2n) is 4.66. The van der Waals surface area contributed by atoms with Gasteiger partial charge in [0.05, 0.1) is 0 Å². The molecule has 1 aromatic heterocycles. The van der Waals surface area contributed by atoms with E-state index in [1.807, 2.05) is 0 Å². The first-order chi connectivity index (χ1) is 8.86. The molecule has 4 aromatic rings. The van der Waals surface area contributed by atoms with Gasteiger partial charge < -0.3 is 0 Å². The first kappa shape index (κ1) is 9.66. The lowest BCUT2D eigenvalue weighted by Crippen LogP contribution is -1.81. The van der Waals surface area contributed by atoms with Crippen LogP contribution < -0.4 is 0 Å². The van der Waals surface area contributed by atoms with Gasteiger partial charge in [0.25, 0.3) is 0 Å². The number of aromatic amines is 1. The van der Waals surface area contributed by atoms with Crippen molar-refractivity contribution in [2.45, 2.75) is 6.92 Å². The highest BCUT2D eigenvalue weighted by molar-refractivity contribution is 6.24. The Morgan fingerprint density at radius 1 is 0.778 bits per heavy atom. The Morgan fingerprint density at radius 2 is 1.33 bits per heavy atom. The molecule has 18 heavy (non-hydrogen) atoms. The number of hydrogen-bond donors (Lipinski definition) is 1. The molecule has 4 rings (SSSR count). The average molecular weight is 232 g/mol. The van der Waals surface area contributed by atoms with Crippen molar-refractivity contribution >= 4 is 32.4 Å². The number of fused-ring (bicyclic) bond motifs is 6. The first-order valence-corrected chi connectivity index (χ1v) is 6.10. The van der Waals surface area contributed by atoms with Crippen LogP contribution in [0.3, 0.4) is 0 Å². The van der Waals surface area contributed by atoms with E-state index in [0.717, 1.165) is 11.2 Å². The van der Waals surface area contributed by atoms with Crippen molar-refractivity contribution in [3.05, 3.63) is 54.2 Å². The molecule has 0 bridgehead atoms. The zero-order valence-corrected chi connectivity index (χ0v) is 10.1. The molecule has 2 heteroatoms. The molecule has 1 heterocycles. The Kier molecular flexibility index (Phi) is 1.78. The van der Waals surface area contributed by atoms with Crippen molar-refractivity contribution in [2.75, 3.05) is 0 Å². The Balaban J connectivity index is 2.48. The molecule has 2 nitrogen and oxygen atoms in total. The van der Waals surface area contributed by atoms with Crippen molar-refractivity contribution in [3.8, 4) is 0 Å². The lowest BCUT2D eigenvalue weighted by atomic mass is 9.97. The number of nitrogens with zero attached hydrogens (tertiary/aromatic N) is 1. The Bertz CT molecular complexity index is 887. The van der Waals surface area contributed by atoms with Gasteiger partial charge in [-0.1, -0.05) is 48.5 Å². The highest BCUT2D eigenvalue weighted by atomic mass is 15.1. The quantitative estimate of drug-likeness (QED) is 0.453. The number of aryl methyl sites for hydroxylation is 1. The van der Waals surface area contributed by atoms with Crippen LogP contribution in [-0.2, 0) is 0 Å². The number of rotatable bonds is 0. The molecule has 0 saturated heterocycles. The van der Waals surface area contributed by atoms with Gasteiger partial charge in [-0.2, -0.15) is 5.10 Å². The lowest BCUT2D eigenvalue weighted by Gasteiger charge is -2.06. The summed E-state index contributed by atoms with van der Waals surface area (Å²) < 4.78 is 0. The predicted octanol–water partition coefficient (Wildman–Crippen LogP) is 4.18. The fourth-order valence-electron chi connectivity index (χ4n) is 2.81. The summed E-state index contributed by atoms with van der Waals surface area (Å²) in [5, 5.41) is 13.9. The van der Waals surface area contributed by atoms with E-state index in [2.05, 4.69) is 65.7 Å². The van der Waals surface area contributed by atoms with Crippen LogP contribution in [-0.4, -0.2) is 10.2 Å². The molecule has 0 fully saturated rings. The van der Waals surface area contributed by atoms with Crippen LogP contribution in [0.5, 0.6) is 0 Å². The monoisotopic (exact) mass is 232 g/mol. The van der Waals surface area contributed by atoms with Crippen LogP contribution in [0.4, 0.5) is 0 Å². The van der Waals surface area contributed by atoms with Crippen molar-refractivity contribution < 1.29 is 0 Å². The predicted molar refractivity (Wildman–Crippen MR) is 75.8 cm³/mol. The Hall–Kier alpha value is -2.35. The number of nitrogens with one attached hydrogen (secondary N) is 1. The highest BCUT2D eigenvalue weighted by Gasteiger charge is 2.11. The van der Waals surface area contributed by atoms with E-state index >= 15 is 0 Å². The fraction of sp³-hybridized carbons (Fsp3) is 0.0625. The van der Waals surface area contributed by atoms with Gasteiger partial charge in [-0.3, -0.25) is 5.10 Å². The normalized spacial score (nSPS) is 11.6. The maximum absolute atomic E-state index is 4.47. The molecule has 1 N–H and O–H groups in total. The maximum Gasteiger partial charge on any atom is 0.101 e. The molecule has 0 aliphatic heterocycles. The molecule has 0 aliphatic carbocycles. The summed E-state index contributed by atoms with van der Waals surface area (Å²) >= 11 is 0. The van der Waals surface area contributed by atoms with Gasteiger partial charge in [0.1, 0.15) is 5.52 Å². The third-order valence-corrected chi connectivity index (χ3v) is 3.62. The zero-order chi connectivity index (χ0) is 12.1. The van der Waals surface area contributed by atoms with E-state index in [9.17, 15) is 0 Å². The van der Waals surface area contributed by atoms with Gasteiger partial charge in [-0.05, 0) is 23.1 Å². The third-order valence-electron chi connectivity index (χ3n) is 3.62. The molecule has 0 spiro atoms. The molecule has 0 amide bonds. The van der Waals surface area contributed by atoms with E-state index < -0.39 is 0 Å². The molecule has 0 aliphatic rings. The van der Waals surface area contributed by atoms with Crippen molar-refractivity contribution in [1.29, 1.82) is 0 Å². The molecule has 0 atom stereocenters. The maximum atomic E-state index is 4.47. The fourth-order valence-corrected chi connectivity index (χ4v) is 2.81. The third kappa shape index (κ3) is 1.10. The van der Waals surface area contributed by atoms with Crippen LogP contribution in [0, 0.1) is 6.92 Å². The van der Waals surface area contributed by atoms with Gasteiger partial charge in [-0.25, -0.2) is 0 Å². The van der Waals surface area contributed by atoms with Crippen molar-refractivity contribution in [2.24, 2.45) is 0 Å². The topological polar surface area (TPSA) is 28.7 Å². The molecular weight excluding hydrogens is 220 g/mol. The van der Waals surface area contributed by atoms with E-state index in [1.165, 1.54) is 26.9 Å². The summed E-state index contributed by atoms with van der Waals surface area (Å²) in [7, 11) is 0. The van der Waals surface area contributed by atoms with Crippen LogP contribution in [0.15, 0.2) is 48.5 Å². The van der Waals surface area contributed by atoms with Gasteiger partial charge in [0, 0.05) is 16.5 Å². The number of benzene rings is 3. The molecule has 0 radical (unpaired) electrons.